The number of rotatable bonds is 4. The van der Waals surface area contributed by atoms with Crippen molar-refractivity contribution in [1.82, 2.24) is 10.2 Å². The van der Waals surface area contributed by atoms with Gasteiger partial charge in [-0.1, -0.05) is 34.1 Å². The van der Waals surface area contributed by atoms with E-state index in [9.17, 15) is 4.79 Å². The van der Waals surface area contributed by atoms with Gasteiger partial charge in [0.25, 0.3) is 5.91 Å². The van der Waals surface area contributed by atoms with Gasteiger partial charge in [0.15, 0.2) is 5.96 Å². The summed E-state index contributed by atoms with van der Waals surface area (Å²) in [4.78, 5) is 16.3. The Morgan fingerprint density at radius 3 is 2.50 bits per heavy atom. The highest BCUT2D eigenvalue weighted by Gasteiger charge is 2.11. The predicted molar refractivity (Wildman–Crippen MR) is 109 cm³/mol. The Morgan fingerprint density at radius 1 is 1.12 bits per heavy atom. The van der Waals surface area contributed by atoms with E-state index in [1.165, 1.54) is 0 Å². The number of hydrogen-bond donors (Lipinski definition) is 4. The molecule has 134 valence electrons. The minimum absolute atomic E-state index is 0. The zero-order chi connectivity index (χ0) is 17.8. The van der Waals surface area contributed by atoms with E-state index >= 15 is 0 Å². The summed E-state index contributed by atoms with van der Waals surface area (Å²) in [7, 11) is 0. The van der Waals surface area contributed by atoms with Crippen molar-refractivity contribution in [3.05, 3.63) is 64.8 Å². The second-order valence-electron chi connectivity index (χ2n) is 5.21. The van der Waals surface area contributed by atoms with Crippen LogP contribution in [0, 0.1) is 0 Å². The van der Waals surface area contributed by atoms with Crippen LogP contribution in [0.1, 0.15) is 10.5 Å². The molecule has 0 aliphatic carbocycles. The molecule has 0 radical (unpaired) electrons. The summed E-state index contributed by atoms with van der Waals surface area (Å²) in [6.07, 6.45) is 0. The number of aromatic amines is 1. The number of carbonyl (C=O) groups excluding carboxylic acids is 1. The first-order valence-corrected chi connectivity index (χ1v) is 8.13. The van der Waals surface area contributed by atoms with E-state index in [4.69, 9.17) is 11.5 Å². The number of benzene rings is 2. The number of aliphatic imine (C=N–C) groups is 1. The number of hydrogen-bond acceptors (Lipinski definition) is 3. The number of guanidine groups is 1. The Hall–Kier alpha value is -2.84. The molecule has 0 aliphatic heterocycles. The van der Waals surface area contributed by atoms with Crippen LogP contribution in [0.4, 0.5) is 11.4 Å². The molecule has 0 atom stereocenters. The van der Waals surface area contributed by atoms with Crippen molar-refractivity contribution < 1.29 is 4.79 Å². The molecule has 7 nitrogen and oxygen atoms in total. The molecular weight excluding hydrogens is 420 g/mol. The lowest BCUT2D eigenvalue weighted by Crippen LogP contribution is -2.21. The highest BCUT2D eigenvalue weighted by Crippen LogP contribution is 2.22. The molecular formula is C17H16BrClN6O. The molecule has 0 unspecified atom stereocenters. The van der Waals surface area contributed by atoms with Crippen molar-refractivity contribution in [3.63, 3.8) is 0 Å². The summed E-state index contributed by atoms with van der Waals surface area (Å²) >= 11 is 3.37. The van der Waals surface area contributed by atoms with Crippen LogP contribution in [0.2, 0.25) is 0 Å². The molecule has 0 bridgehead atoms. The van der Waals surface area contributed by atoms with Gasteiger partial charge in [-0.15, -0.1) is 12.4 Å². The summed E-state index contributed by atoms with van der Waals surface area (Å²) in [6, 6.07) is 16.2. The summed E-state index contributed by atoms with van der Waals surface area (Å²) in [5.74, 6) is -0.270. The molecule has 0 saturated carbocycles. The summed E-state index contributed by atoms with van der Waals surface area (Å²) in [5, 5.41) is 9.73. The summed E-state index contributed by atoms with van der Waals surface area (Å²) in [5.41, 5.74) is 13.9. The summed E-state index contributed by atoms with van der Waals surface area (Å²) < 4.78 is 0.886. The van der Waals surface area contributed by atoms with Gasteiger partial charge in [-0.05, 0) is 36.4 Å². The van der Waals surface area contributed by atoms with Crippen LogP contribution in [-0.4, -0.2) is 22.1 Å². The maximum Gasteiger partial charge on any atom is 0.273 e. The molecule has 0 fully saturated rings. The number of H-pyrrole nitrogens is 1. The van der Waals surface area contributed by atoms with Gasteiger partial charge in [0.2, 0.25) is 0 Å². The SMILES string of the molecule is Cl.NC(N)=Nc1ccc(-c2cc(C(=O)Nc3cccc(Br)c3)[nH]n2)cc1. The molecule has 1 heterocycles. The van der Waals surface area contributed by atoms with Gasteiger partial charge in [-0.2, -0.15) is 5.10 Å². The van der Waals surface area contributed by atoms with E-state index in [-0.39, 0.29) is 24.3 Å². The smallest absolute Gasteiger partial charge is 0.273 e. The standard InChI is InChI=1S/C17H15BrN6O.ClH/c18-11-2-1-3-13(8-11)21-16(25)15-9-14(23-24-15)10-4-6-12(7-5-10)22-17(19)20;/h1-9H,(H,21,25)(H,23,24)(H4,19,20,22);1H. The van der Waals surface area contributed by atoms with Crippen molar-refractivity contribution in [2.24, 2.45) is 16.5 Å². The number of halogens is 2. The predicted octanol–water partition coefficient (Wildman–Crippen LogP) is 3.42. The number of aromatic nitrogens is 2. The summed E-state index contributed by atoms with van der Waals surface area (Å²) in [6.45, 7) is 0. The third-order valence-electron chi connectivity index (χ3n) is 3.33. The minimum atomic E-state index is -0.269. The second kappa shape index (κ2) is 8.50. The zero-order valence-corrected chi connectivity index (χ0v) is 15.8. The van der Waals surface area contributed by atoms with Gasteiger partial charge in [-0.3, -0.25) is 9.89 Å². The molecule has 6 N–H and O–H groups in total. The molecule has 0 spiro atoms. The lowest BCUT2D eigenvalue weighted by atomic mass is 10.1. The van der Waals surface area contributed by atoms with Gasteiger partial charge >= 0.3 is 0 Å². The maximum atomic E-state index is 12.3. The largest absolute Gasteiger partial charge is 0.370 e. The fourth-order valence-corrected chi connectivity index (χ4v) is 2.61. The van der Waals surface area contributed by atoms with E-state index in [1.807, 2.05) is 36.4 Å². The number of nitrogens with one attached hydrogen (secondary N) is 2. The monoisotopic (exact) mass is 434 g/mol. The molecule has 3 aromatic rings. The minimum Gasteiger partial charge on any atom is -0.370 e. The molecule has 1 amide bonds. The number of amides is 1. The number of anilines is 1. The normalized spacial score (nSPS) is 9.88. The quantitative estimate of drug-likeness (QED) is 0.370. The van der Waals surface area contributed by atoms with Crippen LogP contribution in [0.25, 0.3) is 11.3 Å². The van der Waals surface area contributed by atoms with Crippen LogP contribution >= 0.6 is 28.3 Å². The fraction of sp³-hybridized carbons (Fsp3) is 0. The third kappa shape index (κ3) is 4.84. The van der Waals surface area contributed by atoms with Gasteiger partial charge < -0.3 is 16.8 Å². The maximum absolute atomic E-state index is 12.3. The first-order chi connectivity index (χ1) is 12.0. The van der Waals surface area contributed by atoms with E-state index in [1.54, 1.807) is 18.2 Å². The molecule has 1 aromatic heterocycles. The first kappa shape index (κ1) is 19.5. The average Bonchev–Trinajstić information content (AvgIpc) is 3.05. The second-order valence-corrected chi connectivity index (χ2v) is 6.13. The van der Waals surface area contributed by atoms with Gasteiger partial charge in [0, 0.05) is 15.7 Å². The van der Waals surface area contributed by atoms with Crippen LogP contribution in [0.3, 0.4) is 0 Å². The Bertz CT molecular complexity index is 934. The molecule has 0 saturated heterocycles. The Balaban J connectivity index is 0.00000243. The Kier molecular flexibility index (Phi) is 6.37. The van der Waals surface area contributed by atoms with Crippen LogP contribution in [0.15, 0.2) is 64.1 Å². The van der Waals surface area contributed by atoms with E-state index in [0.717, 1.165) is 10.0 Å². The third-order valence-corrected chi connectivity index (χ3v) is 3.82. The molecule has 2 aromatic carbocycles. The fourth-order valence-electron chi connectivity index (χ4n) is 2.21. The molecule has 9 heteroatoms. The van der Waals surface area contributed by atoms with Crippen molar-refractivity contribution in [2.45, 2.75) is 0 Å². The number of nitrogens with zero attached hydrogens (tertiary/aromatic N) is 2. The van der Waals surface area contributed by atoms with Crippen molar-refractivity contribution >= 4 is 51.6 Å². The van der Waals surface area contributed by atoms with Crippen LogP contribution < -0.4 is 16.8 Å². The van der Waals surface area contributed by atoms with E-state index in [2.05, 4.69) is 36.4 Å². The lowest BCUT2D eigenvalue weighted by molar-refractivity contribution is 0.102. The lowest BCUT2D eigenvalue weighted by Gasteiger charge is -2.03. The van der Waals surface area contributed by atoms with Crippen molar-refractivity contribution in [2.75, 3.05) is 5.32 Å². The molecule has 3 rings (SSSR count). The number of nitrogens with two attached hydrogens (primary N) is 2. The number of carbonyl (C=O) groups is 1. The van der Waals surface area contributed by atoms with Crippen molar-refractivity contribution in [3.8, 4) is 11.3 Å². The molecule has 0 aliphatic rings. The van der Waals surface area contributed by atoms with Gasteiger partial charge in [0.05, 0.1) is 11.4 Å². The van der Waals surface area contributed by atoms with Crippen LogP contribution in [0.5, 0.6) is 0 Å². The van der Waals surface area contributed by atoms with E-state index in [0.29, 0.717) is 22.8 Å². The topological polar surface area (TPSA) is 122 Å². The molecule has 26 heavy (non-hydrogen) atoms. The average molecular weight is 436 g/mol. The highest BCUT2D eigenvalue weighted by molar-refractivity contribution is 9.10. The van der Waals surface area contributed by atoms with Crippen LogP contribution in [-0.2, 0) is 0 Å². The van der Waals surface area contributed by atoms with Crippen molar-refractivity contribution in [1.29, 1.82) is 0 Å². The van der Waals surface area contributed by atoms with E-state index < -0.39 is 0 Å². The first-order valence-electron chi connectivity index (χ1n) is 7.33. The highest BCUT2D eigenvalue weighted by atomic mass is 79.9. The van der Waals surface area contributed by atoms with Gasteiger partial charge in [0.1, 0.15) is 5.69 Å². The Labute approximate surface area is 164 Å². The zero-order valence-electron chi connectivity index (χ0n) is 13.4. The Morgan fingerprint density at radius 2 is 1.85 bits per heavy atom. The van der Waals surface area contributed by atoms with Gasteiger partial charge in [-0.25, -0.2) is 4.99 Å².